The normalized spacial score (nSPS) is 13.2. The number of aliphatic hydroxyl groups excluding tert-OH is 1. The van der Waals surface area contributed by atoms with Gasteiger partial charge in [0.1, 0.15) is 6.23 Å². The molecule has 4 heteroatoms. The first-order chi connectivity index (χ1) is 6.11. The third-order valence-corrected chi connectivity index (χ3v) is 1.83. The molecule has 4 nitrogen and oxygen atoms in total. The highest BCUT2D eigenvalue weighted by atomic mass is 16.3. The molecule has 0 aromatic rings. The average molecular weight is 188 g/mol. The molecule has 0 spiro atoms. The monoisotopic (exact) mass is 188 g/mol. The van der Waals surface area contributed by atoms with E-state index in [-0.39, 0.29) is 6.42 Å². The molecule has 0 aromatic carbocycles. The summed E-state index contributed by atoms with van der Waals surface area (Å²) in [5.41, 5.74) is 5.00. The van der Waals surface area contributed by atoms with E-state index in [0.717, 1.165) is 25.9 Å². The minimum absolute atomic E-state index is 0.0278. The zero-order chi connectivity index (χ0) is 10.3. The first-order valence-electron chi connectivity index (χ1n) is 4.82. The summed E-state index contributed by atoms with van der Waals surface area (Å²) in [6.07, 6.45) is 1.25. The number of nitrogens with two attached hydrogens (primary N) is 1. The molecule has 3 N–H and O–H groups in total. The largest absolute Gasteiger partial charge is 0.378 e. The van der Waals surface area contributed by atoms with Crippen LogP contribution in [0.2, 0.25) is 0 Å². The topological polar surface area (TPSA) is 66.6 Å². The van der Waals surface area contributed by atoms with Gasteiger partial charge in [0.15, 0.2) is 0 Å². The van der Waals surface area contributed by atoms with Crippen LogP contribution in [0, 0.1) is 0 Å². The van der Waals surface area contributed by atoms with Crippen LogP contribution in [0.15, 0.2) is 0 Å². The van der Waals surface area contributed by atoms with Gasteiger partial charge in [-0.1, -0.05) is 13.8 Å². The van der Waals surface area contributed by atoms with E-state index in [1.807, 2.05) is 18.7 Å². The van der Waals surface area contributed by atoms with Crippen LogP contribution in [0.3, 0.4) is 0 Å². The van der Waals surface area contributed by atoms with Crippen LogP contribution in [0.4, 0.5) is 0 Å². The van der Waals surface area contributed by atoms with Gasteiger partial charge in [0.25, 0.3) is 0 Å². The quantitative estimate of drug-likeness (QED) is 0.565. The highest BCUT2D eigenvalue weighted by Crippen LogP contribution is 2.03. The summed E-state index contributed by atoms with van der Waals surface area (Å²) in [5.74, 6) is -0.454. The summed E-state index contributed by atoms with van der Waals surface area (Å²) in [7, 11) is 0. The van der Waals surface area contributed by atoms with E-state index in [1.54, 1.807) is 0 Å². The number of carbonyl (C=O) groups excluding carboxylic acids is 1. The molecule has 0 saturated carbocycles. The van der Waals surface area contributed by atoms with E-state index in [0.29, 0.717) is 0 Å². The van der Waals surface area contributed by atoms with Gasteiger partial charge in [-0.2, -0.15) is 0 Å². The molecule has 13 heavy (non-hydrogen) atoms. The lowest BCUT2D eigenvalue weighted by Crippen LogP contribution is -2.39. The number of amides is 1. The molecule has 0 aromatic heterocycles. The summed E-state index contributed by atoms with van der Waals surface area (Å²) < 4.78 is 0. The van der Waals surface area contributed by atoms with Crippen LogP contribution >= 0.6 is 0 Å². The average Bonchev–Trinajstić information content (AvgIpc) is 2.02. The molecular formula is C9H20N2O2. The first kappa shape index (κ1) is 12.4. The van der Waals surface area contributed by atoms with Crippen molar-refractivity contribution in [2.24, 2.45) is 5.73 Å². The number of rotatable bonds is 7. The Bertz CT molecular complexity index is 145. The summed E-state index contributed by atoms with van der Waals surface area (Å²) in [6, 6.07) is 0. The molecule has 0 aliphatic carbocycles. The molecule has 0 aliphatic rings. The molecular weight excluding hydrogens is 168 g/mol. The standard InChI is InChI=1S/C9H20N2O2/c1-3-5-11(6-4-2)9(13)7-8(10)12/h9,13H,3-7H2,1-2H3,(H2,10,12). The summed E-state index contributed by atoms with van der Waals surface area (Å²) >= 11 is 0. The molecule has 0 rings (SSSR count). The molecule has 0 fully saturated rings. The molecule has 0 radical (unpaired) electrons. The van der Waals surface area contributed by atoms with Gasteiger partial charge in [-0.05, 0) is 12.8 Å². The fourth-order valence-corrected chi connectivity index (χ4v) is 1.29. The fraction of sp³-hybridized carbons (Fsp3) is 0.889. The minimum atomic E-state index is -0.711. The summed E-state index contributed by atoms with van der Waals surface area (Å²) in [5, 5.41) is 9.57. The minimum Gasteiger partial charge on any atom is -0.378 e. The number of hydrogen-bond donors (Lipinski definition) is 2. The van der Waals surface area contributed by atoms with Crippen molar-refractivity contribution in [3.8, 4) is 0 Å². The fourth-order valence-electron chi connectivity index (χ4n) is 1.29. The van der Waals surface area contributed by atoms with Crippen molar-refractivity contribution in [2.45, 2.75) is 39.3 Å². The lowest BCUT2D eigenvalue weighted by Gasteiger charge is -2.25. The van der Waals surface area contributed by atoms with Crippen LogP contribution in [-0.2, 0) is 4.79 Å². The van der Waals surface area contributed by atoms with Gasteiger partial charge < -0.3 is 10.8 Å². The van der Waals surface area contributed by atoms with E-state index < -0.39 is 12.1 Å². The van der Waals surface area contributed by atoms with E-state index in [9.17, 15) is 9.90 Å². The highest BCUT2D eigenvalue weighted by Gasteiger charge is 2.15. The number of primary amides is 1. The maximum absolute atomic E-state index is 10.6. The van der Waals surface area contributed by atoms with Gasteiger partial charge >= 0.3 is 0 Å². The summed E-state index contributed by atoms with van der Waals surface area (Å²) in [4.78, 5) is 12.4. The maximum atomic E-state index is 10.6. The molecule has 0 aliphatic heterocycles. The Labute approximate surface area is 79.7 Å². The van der Waals surface area contributed by atoms with Crippen molar-refractivity contribution in [1.82, 2.24) is 4.90 Å². The van der Waals surface area contributed by atoms with E-state index in [1.165, 1.54) is 0 Å². The van der Waals surface area contributed by atoms with Crippen LogP contribution in [0.5, 0.6) is 0 Å². The molecule has 1 atom stereocenters. The van der Waals surface area contributed by atoms with Gasteiger partial charge in [-0.25, -0.2) is 0 Å². The lowest BCUT2D eigenvalue weighted by molar-refractivity contribution is -0.123. The van der Waals surface area contributed by atoms with Crippen molar-refractivity contribution in [3.63, 3.8) is 0 Å². The smallest absolute Gasteiger partial charge is 0.221 e. The molecule has 0 heterocycles. The van der Waals surface area contributed by atoms with Crippen molar-refractivity contribution >= 4 is 5.91 Å². The van der Waals surface area contributed by atoms with Crippen LogP contribution in [0.25, 0.3) is 0 Å². The third-order valence-electron chi connectivity index (χ3n) is 1.83. The van der Waals surface area contributed by atoms with Gasteiger partial charge in [0, 0.05) is 13.1 Å². The van der Waals surface area contributed by atoms with Crippen LogP contribution < -0.4 is 5.73 Å². The first-order valence-corrected chi connectivity index (χ1v) is 4.82. The second-order valence-corrected chi connectivity index (χ2v) is 3.19. The predicted octanol–water partition coefficient (Wildman–Crippen LogP) is 0.302. The lowest BCUT2D eigenvalue weighted by atomic mass is 10.3. The summed E-state index contributed by atoms with van der Waals surface area (Å²) in [6.45, 7) is 5.70. The Morgan fingerprint density at radius 3 is 2.15 bits per heavy atom. The highest BCUT2D eigenvalue weighted by molar-refractivity contribution is 5.74. The van der Waals surface area contributed by atoms with E-state index in [2.05, 4.69) is 0 Å². The third kappa shape index (κ3) is 5.60. The number of carbonyl (C=O) groups is 1. The molecule has 0 saturated heterocycles. The van der Waals surface area contributed by atoms with Crippen LogP contribution in [0.1, 0.15) is 33.1 Å². The molecule has 0 bridgehead atoms. The van der Waals surface area contributed by atoms with Crippen LogP contribution in [-0.4, -0.2) is 35.2 Å². The van der Waals surface area contributed by atoms with Crippen molar-refractivity contribution < 1.29 is 9.90 Å². The zero-order valence-electron chi connectivity index (χ0n) is 8.49. The maximum Gasteiger partial charge on any atom is 0.221 e. The number of hydrogen-bond acceptors (Lipinski definition) is 3. The van der Waals surface area contributed by atoms with Gasteiger partial charge in [-0.3, -0.25) is 9.69 Å². The number of aliphatic hydroxyl groups is 1. The Balaban J connectivity index is 3.93. The van der Waals surface area contributed by atoms with Gasteiger partial charge in [0.05, 0.1) is 6.42 Å². The molecule has 1 amide bonds. The Kier molecular flexibility index (Phi) is 6.54. The second-order valence-electron chi connectivity index (χ2n) is 3.19. The van der Waals surface area contributed by atoms with Crippen molar-refractivity contribution in [1.29, 1.82) is 0 Å². The van der Waals surface area contributed by atoms with Gasteiger partial charge in [-0.15, -0.1) is 0 Å². The Morgan fingerprint density at radius 2 is 1.85 bits per heavy atom. The Hall–Kier alpha value is -0.610. The zero-order valence-corrected chi connectivity index (χ0v) is 8.49. The predicted molar refractivity (Wildman–Crippen MR) is 52.0 cm³/mol. The molecule has 1 unspecified atom stereocenters. The SMILES string of the molecule is CCCN(CCC)C(O)CC(N)=O. The second kappa shape index (κ2) is 6.86. The van der Waals surface area contributed by atoms with E-state index in [4.69, 9.17) is 5.73 Å². The van der Waals surface area contributed by atoms with E-state index >= 15 is 0 Å². The Morgan fingerprint density at radius 1 is 1.38 bits per heavy atom. The van der Waals surface area contributed by atoms with Crippen molar-refractivity contribution in [3.05, 3.63) is 0 Å². The number of nitrogens with zero attached hydrogens (tertiary/aromatic N) is 1. The van der Waals surface area contributed by atoms with Crippen molar-refractivity contribution in [2.75, 3.05) is 13.1 Å². The van der Waals surface area contributed by atoms with Gasteiger partial charge in [0.2, 0.25) is 5.91 Å². The molecule has 78 valence electrons.